The third-order valence-electron chi connectivity index (χ3n) is 5.22. The summed E-state index contributed by atoms with van der Waals surface area (Å²) >= 11 is 6.19. The Kier molecular flexibility index (Phi) is 5.81. The third kappa shape index (κ3) is 4.01. The number of anilines is 1. The molecule has 1 aromatic carbocycles. The molecule has 2 fully saturated rings. The number of halogens is 1. The van der Waals surface area contributed by atoms with Gasteiger partial charge in [0.25, 0.3) is 0 Å². The summed E-state index contributed by atoms with van der Waals surface area (Å²) in [5.41, 5.74) is 0.635. The van der Waals surface area contributed by atoms with Gasteiger partial charge in [-0.1, -0.05) is 23.7 Å². The predicted molar refractivity (Wildman–Crippen MR) is 98.1 cm³/mol. The lowest BCUT2D eigenvalue weighted by molar-refractivity contribution is -0.142. The fourth-order valence-corrected chi connectivity index (χ4v) is 4.13. The van der Waals surface area contributed by atoms with Gasteiger partial charge in [-0.15, -0.1) is 0 Å². The van der Waals surface area contributed by atoms with Crippen LogP contribution in [0, 0.1) is 5.92 Å². The molecule has 0 aliphatic carbocycles. The van der Waals surface area contributed by atoms with Gasteiger partial charge in [-0.25, -0.2) is 0 Å². The maximum atomic E-state index is 13.0. The zero-order valence-electron chi connectivity index (χ0n) is 14.6. The standard InChI is InChI=1S/C19H23ClN2O4/c20-15-6-1-2-7-16(15)22-12-13(11-17(22)23)19(26)21-10-4-3-5-14(21)8-9-18(24)25/h1-2,6-7,13-14H,3-5,8-12H2,(H,24,25). The lowest BCUT2D eigenvalue weighted by Crippen LogP contribution is -2.47. The number of benzene rings is 1. The van der Waals surface area contributed by atoms with E-state index in [9.17, 15) is 14.4 Å². The summed E-state index contributed by atoms with van der Waals surface area (Å²) in [7, 11) is 0. The number of amides is 2. The van der Waals surface area contributed by atoms with Gasteiger partial charge < -0.3 is 14.9 Å². The molecule has 2 heterocycles. The summed E-state index contributed by atoms with van der Waals surface area (Å²) in [6, 6.07) is 7.08. The van der Waals surface area contributed by atoms with Gasteiger partial charge in [0, 0.05) is 32.0 Å². The lowest BCUT2D eigenvalue weighted by atomic mass is 9.95. The van der Waals surface area contributed by atoms with Crippen LogP contribution >= 0.6 is 11.6 Å². The quantitative estimate of drug-likeness (QED) is 0.854. The van der Waals surface area contributed by atoms with E-state index in [1.54, 1.807) is 28.0 Å². The molecule has 2 unspecified atom stereocenters. The number of rotatable bonds is 5. The Balaban J connectivity index is 1.70. The van der Waals surface area contributed by atoms with E-state index >= 15 is 0 Å². The summed E-state index contributed by atoms with van der Waals surface area (Å²) in [4.78, 5) is 39.7. The second kappa shape index (κ2) is 8.08. The molecular formula is C19H23ClN2O4. The molecule has 0 radical (unpaired) electrons. The molecule has 2 aliphatic heterocycles. The number of carbonyl (C=O) groups is 3. The number of likely N-dealkylation sites (tertiary alicyclic amines) is 1. The van der Waals surface area contributed by atoms with Crippen LogP contribution in [0.3, 0.4) is 0 Å². The van der Waals surface area contributed by atoms with E-state index in [1.807, 2.05) is 6.07 Å². The number of carbonyl (C=O) groups excluding carboxylic acids is 2. The van der Waals surface area contributed by atoms with Gasteiger partial charge in [0.1, 0.15) is 0 Å². The van der Waals surface area contributed by atoms with Gasteiger partial charge in [0.2, 0.25) is 11.8 Å². The van der Waals surface area contributed by atoms with Crippen molar-refractivity contribution in [2.24, 2.45) is 5.92 Å². The first-order valence-corrected chi connectivity index (χ1v) is 9.42. The Morgan fingerprint density at radius 3 is 2.73 bits per heavy atom. The molecule has 7 heteroatoms. The highest BCUT2D eigenvalue weighted by Gasteiger charge is 2.39. The molecule has 2 amide bonds. The summed E-state index contributed by atoms with van der Waals surface area (Å²) in [6.45, 7) is 0.962. The van der Waals surface area contributed by atoms with Crippen LogP contribution in [-0.2, 0) is 14.4 Å². The van der Waals surface area contributed by atoms with E-state index in [2.05, 4.69) is 0 Å². The highest BCUT2D eigenvalue weighted by molar-refractivity contribution is 6.33. The molecule has 1 N–H and O–H groups in total. The van der Waals surface area contributed by atoms with Crippen LogP contribution in [0.4, 0.5) is 5.69 Å². The molecule has 2 saturated heterocycles. The van der Waals surface area contributed by atoms with Crippen molar-refractivity contribution < 1.29 is 19.5 Å². The maximum Gasteiger partial charge on any atom is 0.303 e. The van der Waals surface area contributed by atoms with Gasteiger partial charge in [-0.2, -0.15) is 0 Å². The van der Waals surface area contributed by atoms with E-state index in [1.165, 1.54) is 0 Å². The average molecular weight is 379 g/mol. The number of carboxylic acids is 1. The Morgan fingerprint density at radius 2 is 2.00 bits per heavy atom. The molecule has 2 atom stereocenters. The van der Waals surface area contributed by atoms with Crippen molar-refractivity contribution in [2.75, 3.05) is 18.0 Å². The minimum Gasteiger partial charge on any atom is -0.481 e. The minimum absolute atomic E-state index is 0.0389. The van der Waals surface area contributed by atoms with Crippen molar-refractivity contribution in [3.8, 4) is 0 Å². The van der Waals surface area contributed by atoms with Crippen molar-refractivity contribution in [2.45, 2.75) is 44.6 Å². The van der Waals surface area contributed by atoms with E-state index < -0.39 is 11.9 Å². The maximum absolute atomic E-state index is 13.0. The number of carboxylic acid groups (broad SMARTS) is 1. The Morgan fingerprint density at radius 1 is 1.23 bits per heavy atom. The first-order valence-electron chi connectivity index (χ1n) is 9.04. The molecule has 140 valence electrons. The first kappa shape index (κ1) is 18.7. The zero-order valence-corrected chi connectivity index (χ0v) is 15.3. The van der Waals surface area contributed by atoms with Crippen LogP contribution in [0.5, 0.6) is 0 Å². The molecule has 0 spiro atoms. The van der Waals surface area contributed by atoms with Gasteiger partial charge >= 0.3 is 5.97 Å². The molecule has 2 aliphatic rings. The Labute approximate surface area is 157 Å². The van der Waals surface area contributed by atoms with Crippen molar-refractivity contribution in [3.63, 3.8) is 0 Å². The van der Waals surface area contributed by atoms with Crippen LogP contribution < -0.4 is 4.90 Å². The average Bonchev–Trinajstić information content (AvgIpc) is 3.01. The van der Waals surface area contributed by atoms with E-state index in [4.69, 9.17) is 16.7 Å². The number of aliphatic carboxylic acids is 1. The highest BCUT2D eigenvalue weighted by Crippen LogP contribution is 2.33. The van der Waals surface area contributed by atoms with E-state index in [0.29, 0.717) is 30.2 Å². The van der Waals surface area contributed by atoms with Crippen molar-refractivity contribution in [1.29, 1.82) is 0 Å². The largest absolute Gasteiger partial charge is 0.481 e. The third-order valence-corrected chi connectivity index (χ3v) is 5.54. The van der Waals surface area contributed by atoms with Crippen LogP contribution in [0.1, 0.15) is 38.5 Å². The fourth-order valence-electron chi connectivity index (χ4n) is 3.89. The molecule has 0 saturated carbocycles. The molecule has 3 rings (SSSR count). The van der Waals surface area contributed by atoms with Crippen molar-refractivity contribution in [3.05, 3.63) is 29.3 Å². The number of para-hydroxylation sites is 1. The molecular weight excluding hydrogens is 356 g/mol. The van der Waals surface area contributed by atoms with Gasteiger partial charge in [0.15, 0.2) is 0 Å². The topological polar surface area (TPSA) is 77.9 Å². The molecule has 26 heavy (non-hydrogen) atoms. The van der Waals surface area contributed by atoms with Crippen molar-refractivity contribution >= 4 is 35.1 Å². The molecule has 1 aromatic rings. The zero-order chi connectivity index (χ0) is 18.7. The van der Waals surface area contributed by atoms with Crippen LogP contribution in [-0.4, -0.2) is 46.9 Å². The molecule has 0 aromatic heterocycles. The van der Waals surface area contributed by atoms with Gasteiger partial charge in [-0.3, -0.25) is 14.4 Å². The summed E-state index contributed by atoms with van der Waals surface area (Å²) < 4.78 is 0. The van der Waals surface area contributed by atoms with Crippen molar-refractivity contribution in [1.82, 2.24) is 4.90 Å². The SMILES string of the molecule is O=C(O)CCC1CCCCN1C(=O)C1CC(=O)N(c2ccccc2Cl)C1. The number of hydrogen-bond donors (Lipinski definition) is 1. The lowest BCUT2D eigenvalue weighted by Gasteiger charge is -2.37. The second-order valence-electron chi connectivity index (χ2n) is 6.97. The summed E-state index contributed by atoms with van der Waals surface area (Å²) in [5.74, 6) is -1.38. The second-order valence-corrected chi connectivity index (χ2v) is 7.38. The normalized spacial score (nSPS) is 23.3. The fraction of sp³-hybridized carbons (Fsp3) is 0.526. The van der Waals surface area contributed by atoms with Crippen LogP contribution in [0.15, 0.2) is 24.3 Å². The number of piperidine rings is 1. The molecule has 0 bridgehead atoms. The monoisotopic (exact) mass is 378 g/mol. The Hall–Kier alpha value is -2.08. The van der Waals surface area contributed by atoms with E-state index in [-0.39, 0.29) is 30.7 Å². The smallest absolute Gasteiger partial charge is 0.303 e. The summed E-state index contributed by atoms with van der Waals surface area (Å²) in [5, 5.41) is 9.43. The number of nitrogens with zero attached hydrogens (tertiary/aromatic N) is 2. The minimum atomic E-state index is -0.844. The number of hydrogen-bond acceptors (Lipinski definition) is 3. The van der Waals surface area contributed by atoms with Crippen LogP contribution in [0.25, 0.3) is 0 Å². The highest BCUT2D eigenvalue weighted by atomic mass is 35.5. The molecule has 6 nitrogen and oxygen atoms in total. The van der Waals surface area contributed by atoms with Gasteiger partial charge in [-0.05, 0) is 37.8 Å². The van der Waals surface area contributed by atoms with E-state index in [0.717, 1.165) is 19.3 Å². The Bertz CT molecular complexity index is 709. The summed E-state index contributed by atoms with van der Waals surface area (Å²) in [6.07, 6.45) is 3.45. The first-order chi connectivity index (χ1) is 12.5. The van der Waals surface area contributed by atoms with Crippen LogP contribution in [0.2, 0.25) is 5.02 Å². The predicted octanol–water partition coefficient (Wildman–Crippen LogP) is 2.94. The van der Waals surface area contributed by atoms with Gasteiger partial charge in [0.05, 0.1) is 16.6 Å².